The normalized spacial score (nSPS) is 17.5. The zero-order valence-electron chi connectivity index (χ0n) is 11.7. The van der Waals surface area contributed by atoms with Crippen LogP contribution in [0.3, 0.4) is 0 Å². The molecule has 2 N–H and O–H groups in total. The van der Waals surface area contributed by atoms with Crippen molar-refractivity contribution in [3.63, 3.8) is 0 Å². The third-order valence-corrected chi connectivity index (χ3v) is 3.80. The molecule has 1 aromatic carbocycles. The van der Waals surface area contributed by atoms with E-state index in [1.807, 2.05) is 24.3 Å². The first kappa shape index (κ1) is 13.4. The monoisotopic (exact) mass is 284 g/mol. The summed E-state index contributed by atoms with van der Waals surface area (Å²) in [6, 6.07) is 7.80. The topological polar surface area (TPSA) is 78.1 Å². The highest BCUT2D eigenvalue weighted by Crippen LogP contribution is 2.34. The first-order valence-electron chi connectivity index (χ1n) is 6.79. The molecular weight excluding hydrogens is 268 g/mol. The van der Waals surface area contributed by atoms with Crippen LogP contribution in [0.2, 0.25) is 0 Å². The summed E-state index contributed by atoms with van der Waals surface area (Å²) in [4.78, 5) is 25.6. The van der Waals surface area contributed by atoms with Gasteiger partial charge < -0.3 is 10.2 Å². The third-order valence-electron chi connectivity index (χ3n) is 3.80. The Labute approximate surface area is 122 Å². The van der Waals surface area contributed by atoms with Crippen molar-refractivity contribution in [1.29, 1.82) is 0 Å². The molecule has 21 heavy (non-hydrogen) atoms. The predicted octanol–water partition coefficient (Wildman–Crippen LogP) is 1.29. The largest absolute Gasteiger partial charge is 0.351 e. The lowest BCUT2D eigenvalue weighted by Gasteiger charge is -2.31. The van der Waals surface area contributed by atoms with E-state index in [0.29, 0.717) is 18.5 Å². The van der Waals surface area contributed by atoms with Crippen LogP contribution in [0.25, 0.3) is 0 Å². The van der Waals surface area contributed by atoms with Crippen molar-refractivity contribution >= 4 is 17.5 Å². The Morgan fingerprint density at radius 2 is 2.29 bits per heavy atom. The molecule has 2 aromatic rings. The number of para-hydroxylation sites is 1. The zero-order valence-corrected chi connectivity index (χ0v) is 11.7. The van der Waals surface area contributed by atoms with Gasteiger partial charge in [-0.2, -0.15) is 5.10 Å². The van der Waals surface area contributed by atoms with Crippen molar-refractivity contribution in [1.82, 2.24) is 15.5 Å². The Bertz CT molecular complexity index is 666. The van der Waals surface area contributed by atoms with Gasteiger partial charge >= 0.3 is 0 Å². The van der Waals surface area contributed by atoms with Crippen LogP contribution in [0.4, 0.5) is 5.69 Å². The maximum Gasteiger partial charge on any atom is 0.254 e. The van der Waals surface area contributed by atoms with E-state index >= 15 is 0 Å². The summed E-state index contributed by atoms with van der Waals surface area (Å²) in [5.41, 5.74) is 2.49. The van der Waals surface area contributed by atoms with Crippen LogP contribution >= 0.6 is 0 Å². The number of nitrogens with zero attached hydrogens (tertiary/aromatic N) is 2. The van der Waals surface area contributed by atoms with Gasteiger partial charge in [0, 0.05) is 37.8 Å². The second-order valence-electron chi connectivity index (χ2n) is 5.11. The molecule has 0 saturated carbocycles. The molecule has 0 bridgehead atoms. The molecule has 0 radical (unpaired) electrons. The van der Waals surface area contributed by atoms with Crippen LogP contribution in [0, 0.1) is 0 Å². The van der Waals surface area contributed by atoms with Gasteiger partial charge in [0.1, 0.15) is 0 Å². The van der Waals surface area contributed by atoms with E-state index in [-0.39, 0.29) is 17.7 Å². The molecule has 2 heterocycles. The molecule has 0 unspecified atom stereocenters. The van der Waals surface area contributed by atoms with Gasteiger partial charge in [-0.05, 0) is 11.6 Å². The SMILES string of the molecule is CN1C(=O)C[C@@H](CNC(=O)c2cn[nH]c2)c2ccccc21. The Hall–Kier alpha value is -2.63. The van der Waals surface area contributed by atoms with Crippen molar-refractivity contribution in [3.05, 3.63) is 47.8 Å². The van der Waals surface area contributed by atoms with E-state index in [0.717, 1.165) is 11.3 Å². The van der Waals surface area contributed by atoms with E-state index < -0.39 is 0 Å². The summed E-state index contributed by atoms with van der Waals surface area (Å²) < 4.78 is 0. The zero-order chi connectivity index (χ0) is 14.8. The molecule has 1 aliphatic rings. The number of nitrogens with one attached hydrogen (secondary N) is 2. The second kappa shape index (κ2) is 5.40. The molecular formula is C15H16N4O2. The van der Waals surface area contributed by atoms with Crippen molar-refractivity contribution < 1.29 is 9.59 Å². The minimum atomic E-state index is -0.187. The summed E-state index contributed by atoms with van der Waals surface area (Å²) in [6.07, 6.45) is 3.42. The highest BCUT2D eigenvalue weighted by molar-refractivity contribution is 5.97. The van der Waals surface area contributed by atoms with E-state index in [1.165, 1.54) is 6.20 Å². The summed E-state index contributed by atoms with van der Waals surface area (Å²) in [6.45, 7) is 0.431. The van der Waals surface area contributed by atoms with Crippen LogP contribution in [0.5, 0.6) is 0 Å². The van der Waals surface area contributed by atoms with Gasteiger partial charge in [0.05, 0.1) is 11.8 Å². The van der Waals surface area contributed by atoms with Crippen molar-refractivity contribution in [2.24, 2.45) is 0 Å². The number of carbonyl (C=O) groups is 2. The molecule has 1 aromatic heterocycles. The smallest absolute Gasteiger partial charge is 0.254 e. The highest BCUT2D eigenvalue weighted by Gasteiger charge is 2.29. The maximum absolute atomic E-state index is 12.0. The second-order valence-corrected chi connectivity index (χ2v) is 5.11. The maximum atomic E-state index is 12.0. The fourth-order valence-corrected chi connectivity index (χ4v) is 2.61. The lowest BCUT2D eigenvalue weighted by atomic mass is 9.89. The Morgan fingerprint density at radius 1 is 1.48 bits per heavy atom. The Balaban J connectivity index is 1.75. The van der Waals surface area contributed by atoms with Crippen LogP contribution in [0.1, 0.15) is 28.3 Å². The molecule has 0 fully saturated rings. The van der Waals surface area contributed by atoms with Crippen molar-refractivity contribution in [2.75, 3.05) is 18.5 Å². The fraction of sp³-hybridized carbons (Fsp3) is 0.267. The average Bonchev–Trinajstić information content (AvgIpc) is 3.03. The summed E-state index contributed by atoms with van der Waals surface area (Å²) >= 11 is 0. The van der Waals surface area contributed by atoms with Gasteiger partial charge in [0.15, 0.2) is 0 Å². The van der Waals surface area contributed by atoms with E-state index in [1.54, 1.807) is 18.1 Å². The molecule has 2 amide bonds. The minimum Gasteiger partial charge on any atom is -0.351 e. The lowest BCUT2D eigenvalue weighted by molar-refractivity contribution is -0.119. The number of amides is 2. The number of fused-ring (bicyclic) bond motifs is 1. The summed E-state index contributed by atoms with van der Waals surface area (Å²) in [5.74, 6) is -0.121. The number of carbonyl (C=O) groups excluding carboxylic acids is 2. The first-order chi connectivity index (χ1) is 10.2. The van der Waals surface area contributed by atoms with Gasteiger partial charge in [0.25, 0.3) is 5.91 Å². The Morgan fingerprint density at radius 3 is 3.05 bits per heavy atom. The van der Waals surface area contributed by atoms with Crippen LogP contribution in [-0.2, 0) is 4.79 Å². The quantitative estimate of drug-likeness (QED) is 0.891. The van der Waals surface area contributed by atoms with Crippen LogP contribution in [-0.4, -0.2) is 35.6 Å². The number of rotatable bonds is 3. The summed E-state index contributed by atoms with van der Waals surface area (Å²) in [7, 11) is 1.78. The van der Waals surface area contributed by atoms with Gasteiger partial charge in [-0.1, -0.05) is 18.2 Å². The van der Waals surface area contributed by atoms with Crippen molar-refractivity contribution in [3.8, 4) is 0 Å². The standard InChI is InChI=1S/C15H16N4O2/c1-19-13-5-3-2-4-12(13)10(6-14(19)20)7-16-15(21)11-8-17-18-9-11/h2-5,8-10H,6-7H2,1H3,(H,16,21)(H,17,18)/t10-/m0/s1. The van der Waals surface area contributed by atoms with Gasteiger partial charge in [-0.15, -0.1) is 0 Å². The van der Waals surface area contributed by atoms with Crippen molar-refractivity contribution in [2.45, 2.75) is 12.3 Å². The third kappa shape index (κ3) is 2.52. The van der Waals surface area contributed by atoms with Gasteiger partial charge in [0.2, 0.25) is 5.91 Å². The molecule has 0 saturated heterocycles. The molecule has 0 aliphatic carbocycles. The van der Waals surface area contributed by atoms with E-state index in [9.17, 15) is 9.59 Å². The Kier molecular flexibility index (Phi) is 3.43. The molecule has 1 aliphatic heterocycles. The number of anilines is 1. The van der Waals surface area contributed by atoms with E-state index in [4.69, 9.17) is 0 Å². The number of benzene rings is 1. The molecule has 108 valence electrons. The molecule has 6 heteroatoms. The molecule has 1 atom stereocenters. The number of hydrogen-bond donors (Lipinski definition) is 2. The van der Waals surface area contributed by atoms with Crippen LogP contribution in [0.15, 0.2) is 36.7 Å². The first-order valence-corrected chi connectivity index (χ1v) is 6.79. The molecule has 3 rings (SSSR count). The van der Waals surface area contributed by atoms with E-state index in [2.05, 4.69) is 15.5 Å². The number of hydrogen-bond acceptors (Lipinski definition) is 3. The number of aromatic amines is 1. The fourth-order valence-electron chi connectivity index (χ4n) is 2.61. The lowest BCUT2D eigenvalue weighted by Crippen LogP contribution is -2.37. The highest BCUT2D eigenvalue weighted by atomic mass is 16.2. The molecule has 0 spiro atoms. The predicted molar refractivity (Wildman–Crippen MR) is 78.1 cm³/mol. The average molecular weight is 284 g/mol. The van der Waals surface area contributed by atoms with Gasteiger partial charge in [-0.3, -0.25) is 14.7 Å². The minimum absolute atomic E-state index is 0.000695. The van der Waals surface area contributed by atoms with Gasteiger partial charge in [-0.25, -0.2) is 0 Å². The number of aromatic nitrogens is 2. The summed E-state index contributed by atoms with van der Waals surface area (Å²) in [5, 5.41) is 9.22. The number of H-pyrrole nitrogens is 1. The molecule has 6 nitrogen and oxygen atoms in total. The van der Waals surface area contributed by atoms with Crippen LogP contribution < -0.4 is 10.2 Å².